The first-order valence-corrected chi connectivity index (χ1v) is 6.80. The highest BCUT2D eigenvalue weighted by Crippen LogP contribution is 2.16. The predicted molar refractivity (Wildman–Crippen MR) is 78.1 cm³/mol. The van der Waals surface area contributed by atoms with E-state index in [1.54, 1.807) is 0 Å². The summed E-state index contributed by atoms with van der Waals surface area (Å²) in [6.45, 7) is 5.37. The van der Waals surface area contributed by atoms with Crippen LogP contribution in [0.15, 0.2) is 54.6 Å². The average Bonchev–Trinajstić information content (AvgIpc) is 2.79. The molecule has 1 heterocycles. The van der Waals surface area contributed by atoms with E-state index in [-0.39, 0.29) is 0 Å². The summed E-state index contributed by atoms with van der Waals surface area (Å²) in [4.78, 5) is 3.55. The van der Waals surface area contributed by atoms with Crippen LogP contribution < -0.4 is 4.57 Å². The maximum absolute atomic E-state index is 3.55. The molecule has 1 aromatic heterocycles. The predicted octanol–water partition coefficient (Wildman–Crippen LogP) is 3.63. The molecule has 3 rings (SSSR count). The molecular formula is C17H19N2+. The fourth-order valence-corrected chi connectivity index (χ4v) is 2.54. The Morgan fingerprint density at radius 2 is 1.63 bits per heavy atom. The van der Waals surface area contributed by atoms with Gasteiger partial charge in [0.15, 0.2) is 11.0 Å². The molecule has 0 saturated heterocycles. The van der Waals surface area contributed by atoms with Gasteiger partial charge in [-0.15, -0.1) is 0 Å². The van der Waals surface area contributed by atoms with Crippen LogP contribution in [0, 0.1) is 0 Å². The van der Waals surface area contributed by atoms with Crippen LogP contribution in [0.1, 0.15) is 31.2 Å². The van der Waals surface area contributed by atoms with Crippen LogP contribution in [-0.2, 0) is 6.54 Å². The second-order valence-corrected chi connectivity index (χ2v) is 5.25. The molecule has 2 nitrogen and oxygen atoms in total. The summed E-state index contributed by atoms with van der Waals surface area (Å²) in [5.41, 5.74) is 3.82. The Bertz CT molecular complexity index is 681. The van der Waals surface area contributed by atoms with Gasteiger partial charge in [-0.05, 0) is 17.7 Å². The van der Waals surface area contributed by atoms with Gasteiger partial charge in [0.1, 0.15) is 6.54 Å². The van der Waals surface area contributed by atoms with Crippen molar-refractivity contribution < 1.29 is 4.57 Å². The highest BCUT2D eigenvalue weighted by molar-refractivity contribution is 5.71. The summed E-state index contributed by atoms with van der Waals surface area (Å²) in [7, 11) is 0. The van der Waals surface area contributed by atoms with Crippen molar-refractivity contribution in [3.63, 3.8) is 0 Å². The smallest absolute Gasteiger partial charge is 0.241 e. The Morgan fingerprint density at radius 3 is 2.37 bits per heavy atom. The summed E-state index contributed by atoms with van der Waals surface area (Å²) in [5.74, 6) is 1.76. The molecule has 0 amide bonds. The van der Waals surface area contributed by atoms with Crippen LogP contribution in [0.25, 0.3) is 11.0 Å². The van der Waals surface area contributed by atoms with Crippen LogP contribution in [0.2, 0.25) is 0 Å². The molecule has 0 aliphatic heterocycles. The molecule has 3 aromatic rings. The molecule has 0 radical (unpaired) electrons. The molecule has 0 bridgehead atoms. The van der Waals surface area contributed by atoms with Gasteiger partial charge in [-0.2, -0.15) is 0 Å². The average molecular weight is 251 g/mol. The number of fused-ring (bicyclic) bond motifs is 1. The van der Waals surface area contributed by atoms with Gasteiger partial charge in [0, 0.05) is 0 Å². The van der Waals surface area contributed by atoms with Gasteiger partial charge in [0.05, 0.1) is 5.92 Å². The first-order chi connectivity index (χ1) is 9.25. The molecule has 2 aromatic carbocycles. The fraction of sp³-hybridized carbons (Fsp3) is 0.235. The number of imidazole rings is 1. The maximum Gasteiger partial charge on any atom is 0.258 e. The lowest BCUT2D eigenvalue weighted by atomic mass is 10.2. The third-order valence-electron chi connectivity index (χ3n) is 3.48. The van der Waals surface area contributed by atoms with Crippen molar-refractivity contribution in [2.24, 2.45) is 0 Å². The molecule has 0 fully saturated rings. The van der Waals surface area contributed by atoms with Gasteiger partial charge in [-0.1, -0.05) is 56.3 Å². The number of hydrogen-bond donors (Lipinski definition) is 1. The van der Waals surface area contributed by atoms with Gasteiger partial charge in [-0.3, -0.25) is 0 Å². The number of nitrogens with one attached hydrogen (secondary N) is 1. The zero-order chi connectivity index (χ0) is 13.2. The van der Waals surface area contributed by atoms with Gasteiger partial charge in [-0.25, -0.2) is 9.55 Å². The summed E-state index contributed by atoms with van der Waals surface area (Å²) in [6, 6.07) is 19.1. The van der Waals surface area contributed by atoms with Crippen LogP contribution in [0.4, 0.5) is 0 Å². The van der Waals surface area contributed by atoms with Crippen molar-refractivity contribution in [3.8, 4) is 0 Å². The minimum atomic E-state index is 0.483. The maximum atomic E-state index is 3.55. The molecule has 0 aliphatic rings. The number of aromatic amines is 1. The molecule has 0 unspecified atom stereocenters. The zero-order valence-corrected chi connectivity index (χ0v) is 11.4. The van der Waals surface area contributed by atoms with E-state index in [0.29, 0.717) is 5.92 Å². The fourth-order valence-electron chi connectivity index (χ4n) is 2.54. The lowest BCUT2D eigenvalue weighted by molar-refractivity contribution is -0.671. The van der Waals surface area contributed by atoms with Crippen LogP contribution >= 0.6 is 0 Å². The monoisotopic (exact) mass is 251 g/mol. The van der Waals surface area contributed by atoms with E-state index in [9.17, 15) is 0 Å². The highest BCUT2D eigenvalue weighted by Gasteiger charge is 2.20. The summed E-state index contributed by atoms with van der Waals surface area (Å²) in [6.07, 6.45) is 0. The van der Waals surface area contributed by atoms with Crippen molar-refractivity contribution in [3.05, 3.63) is 66.0 Å². The quantitative estimate of drug-likeness (QED) is 0.686. The van der Waals surface area contributed by atoms with E-state index in [4.69, 9.17) is 0 Å². The second kappa shape index (κ2) is 4.88. The van der Waals surface area contributed by atoms with Gasteiger partial charge >= 0.3 is 0 Å². The van der Waals surface area contributed by atoms with Gasteiger partial charge in [0.2, 0.25) is 0 Å². The Morgan fingerprint density at radius 1 is 0.947 bits per heavy atom. The third-order valence-corrected chi connectivity index (χ3v) is 3.48. The Labute approximate surface area is 113 Å². The van der Waals surface area contributed by atoms with Crippen molar-refractivity contribution >= 4 is 11.0 Å². The van der Waals surface area contributed by atoms with E-state index in [1.807, 2.05) is 0 Å². The third kappa shape index (κ3) is 2.26. The minimum absolute atomic E-state index is 0.483. The number of benzene rings is 2. The number of para-hydroxylation sites is 2. The zero-order valence-electron chi connectivity index (χ0n) is 11.4. The summed E-state index contributed by atoms with van der Waals surface area (Å²) < 4.78 is 2.38. The van der Waals surface area contributed by atoms with E-state index >= 15 is 0 Å². The lowest BCUT2D eigenvalue weighted by Gasteiger charge is -2.04. The normalized spacial score (nSPS) is 11.3. The van der Waals surface area contributed by atoms with E-state index < -0.39 is 0 Å². The van der Waals surface area contributed by atoms with Crippen molar-refractivity contribution in [1.82, 2.24) is 4.98 Å². The van der Waals surface area contributed by atoms with Gasteiger partial charge in [0.25, 0.3) is 5.82 Å². The second-order valence-electron chi connectivity index (χ2n) is 5.25. The number of rotatable bonds is 3. The van der Waals surface area contributed by atoms with E-state index in [0.717, 1.165) is 6.54 Å². The molecule has 0 aliphatic carbocycles. The lowest BCUT2D eigenvalue weighted by Crippen LogP contribution is -2.38. The topological polar surface area (TPSA) is 19.7 Å². The van der Waals surface area contributed by atoms with Crippen LogP contribution in [-0.4, -0.2) is 4.98 Å². The first-order valence-electron chi connectivity index (χ1n) is 6.80. The van der Waals surface area contributed by atoms with Crippen molar-refractivity contribution in [2.45, 2.75) is 26.3 Å². The number of hydrogen-bond acceptors (Lipinski definition) is 0. The molecule has 1 N–H and O–H groups in total. The number of H-pyrrole nitrogens is 1. The first kappa shape index (κ1) is 12.0. The van der Waals surface area contributed by atoms with E-state index in [1.165, 1.54) is 22.4 Å². The van der Waals surface area contributed by atoms with Crippen molar-refractivity contribution in [1.29, 1.82) is 0 Å². The van der Waals surface area contributed by atoms with Crippen molar-refractivity contribution in [2.75, 3.05) is 0 Å². The Hall–Kier alpha value is -2.09. The minimum Gasteiger partial charge on any atom is -0.241 e. The number of aromatic nitrogens is 2. The summed E-state index contributed by atoms with van der Waals surface area (Å²) in [5, 5.41) is 0. The van der Waals surface area contributed by atoms with Crippen LogP contribution in [0.5, 0.6) is 0 Å². The Kier molecular flexibility index (Phi) is 3.08. The summed E-state index contributed by atoms with van der Waals surface area (Å²) >= 11 is 0. The molecule has 2 heteroatoms. The molecule has 96 valence electrons. The molecule has 0 saturated carbocycles. The standard InChI is InChI=1S/C17H18N2/c1-13(2)17-18-15-10-6-7-11-16(15)19(17)12-14-8-4-3-5-9-14/h3-11,13H,12H2,1-2H3/p+1. The Balaban J connectivity index is 2.12. The van der Waals surface area contributed by atoms with E-state index in [2.05, 4.69) is 78.0 Å². The van der Waals surface area contributed by atoms with Gasteiger partial charge < -0.3 is 0 Å². The molecule has 19 heavy (non-hydrogen) atoms. The van der Waals surface area contributed by atoms with Crippen LogP contribution in [0.3, 0.4) is 0 Å². The molecule has 0 atom stereocenters. The molecular weight excluding hydrogens is 232 g/mol. The SMILES string of the molecule is CC(C)c1[nH]c2ccccc2[n+]1Cc1ccccc1. The molecule has 0 spiro atoms. The largest absolute Gasteiger partial charge is 0.258 e. The highest BCUT2D eigenvalue weighted by atomic mass is 15.1. The number of nitrogens with zero attached hydrogens (tertiary/aromatic N) is 1.